The third-order valence-corrected chi connectivity index (χ3v) is 6.25. The Bertz CT molecular complexity index is 1050. The number of hydrogen-bond donors (Lipinski definition) is 1. The van der Waals surface area contributed by atoms with Crippen LogP contribution in [0, 0.1) is 6.92 Å². The van der Waals surface area contributed by atoms with Gasteiger partial charge in [-0.25, -0.2) is 0 Å². The third-order valence-electron chi connectivity index (χ3n) is 6.25. The lowest BCUT2D eigenvalue weighted by molar-refractivity contribution is -0.127. The summed E-state index contributed by atoms with van der Waals surface area (Å²) >= 11 is 0. The van der Waals surface area contributed by atoms with Crippen molar-refractivity contribution in [2.45, 2.75) is 57.7 Å². The molecule has 0 radical (unpaired) electrons. The fraction of sp³-hybridized carbons (Fsp3) is 0.321. The van der Waals surface area contributed by atoms with Crippen molar-refractivity contribution in [2.75, 3.05) is 0 Å². The molecule has 0 aliphatic heterocycles. The molecule has 33 heavy (non-hydrogen) atoms. The topological polar surface area (TPSA) is 62.3 Å². The minimum atomic E-state index is -0.746. The van der Waals surface area contributed by atoms with Crippen LogP contribution in [0.25, 0.3) is 0 Å². The lowest BCUT2D eigenvalue weighted by Crippen LogP contribution is -2.47. The van der Waals surface area contributed by atoms with Gasteiger partial charge in [0.15, 0.2) is 0 Å². The molecular formula is C28H31N3O2. The Kier molecular flexibility index (Phi) is 7.51. The van der Waals surface area contributed by atoms with Crippen LogP contribution in [0.2, 0.25) is 0 Å². The molecule has 1 fully saturated rings. The predicted molar refractivity (Wildman–Crippen MR) is 129 cm³/mol. The zero-order chi connectivity index (χ0) is 23.0. The van der Waals surface area contributed by atoms with Crippen LogP contribution >= 0.6 is 0 Å². The first kappa shape index (κ1) is 22.7. The summed E-state index contributed by atoms with van der Waals surface area (Å²) in [6, 6.07) is 22.3. The summed E-state index contributed by atoms with van der Waals surface area (Å²) in [5.74, 6) is -0.395. The molecule has 0 unspecified atom stereocenters. The second kappa shape index (κ2) is 10.9. The van der Waals surface area contributed by atoms with Crippen molar-refractivity contribution in [1.82, 2.24) is 15.2 Å². The molecule has 1 aliphatic carbocycles. The highest BCUT2D eigenvalue weighted by Gasteiger charge is 2.33. The zero-order valence-electron chi connectivity index (χ0n) is 19.1. The van der Waals surface area contributed by atoms with E-state index in [0.717, 1.165) is 42.4 Å². The monoisotopic (exact) mass is 441 g/mol. The molecule has 5 nitrogen and oxygen atoms in total. The minimum Gasteiger partial charge on any atom is -0.351 e. The van der Waals surface area contributed by atoms with Gasteiger partial charge in [-0.05, 0) is 43.0 Å². The Morgan fingerprint density at radius 3 is 2.30 bits per heavy atom. The molecule has 5 heteroatoms. The zero-order valence-corrected chi connectivity index (χ0v) is 19.1. The molecule has 1 atom stereocenters. The Morgan fingerprint density at radius 1 is 0.939 bits per heavy atom. The number of carbonyl (C=O) groups is 2. The van der Waals surface area contributed by atoms with Crippen LogP contribution in [0.15, 0.2) is 79.0 Å². The van der Waals surface area contributed by atoms with Gasteiger partial charge in [-0.3, -0.25) is 14.6 Å². The van der Waals surface area contributed by atoms with E-state index in [-0.39, 0.29) is 17.9 Å². The van der Waals surface area contributed by atoms with Crippen LogP contribution in [0.4, 0.5) is 0 Å². The summed E-state index contributed by atoms with van der Waals surface area (Å²) in [4.78, 5) is 33.4. The van der Waals surface area contributed by atoms with Gasteiger partial charge in [0.1, 0.15) is 11.7 Å². The number of hydrogen-bond acceptors (Lipinski definition) is 3. The first-order chi connectivity index (χ1) is 16.1. The van der Waals surface area contributed by atoms with Gasteiger partial charge in [-0.15, -0.1) is 0 Å². The fourth-order valence-electron chi connectivity index (χ4n) is 4.44. The average molecular weight is 442 g/mol. The molecule has 4 rings (SSSR count). The average Bonchev–Trinajstić information content (AvgIpc) is 2.86. The van der Waals surface area contributed by atoms with Gasteiger partial charge >= 0.3 is 0 Å². The van der Waals surface area contributed by atoms with E-state index in [2.05, 4.69) is 10.3 Å². The minimum absolute atomic E-state index is 0.135. The van der Waals surface area contributed by atoms with E-state index in [1.807, 2.05) is 61.5 Å². The number of nitrogens with one attached hydrogen (secondary N) is 1. The van der Waals surface area contributed by atoms with Gasteiger partial charge in [0.05, 0.1) is 0 Å². The van der Waals surface area contributed by atoms with Crippen molar-refractivity contribution in [3.8, 4) is 0 Å². The summed E-state index contributed by atoms with van der Waals surface area (Å²) in [6.07, 6.45) is 7.05. The van der Waals surface area contributed by atoms with Gasteiger partial charge in [-0.2, -0.15) is 0 Å². The number of aromatic nitrogens is 1. The van der Waals surface area contributed by atoms with E-state index >= 15 is 0 Å². The second-order valence-corrected chi connectivity index (χ2v) is 8.79. The van der Waals surface area contributed by atoms with E-state index in [1.54, 1.807) is 29.3 Å². The summed E-state index contributed by atoms with van der Waals surface area (Å²) in [5, 5.41) is 3.25. The van der Waals surface area contributed by atoms with E-state index in [0.29, 0.717) is 12.2 Å². The SMILES string of the molecule is Cc1ccc(CN(C(=O)c2ccccn2)[C@@H](C(=O)NC2CCCCC2)c2ccccc2)cc1. The molecule has 0 bridgehead atoms. The van der Waals surface area contributed by atoms with Crippen LogP contribution < -0.4 is 5.32 Å². The van der Waals surface area contributed by atoms with Crippen molar-refractivity contribution < 1.29 is 9.59 Å². The smallest absolute Gasteiger partial charge is 0.273 e. The van der Waals surface area contributed by atoms with Gasteiger partial charge in [0, 0.05) is 18.8 Å². The highest BCUT2D eigenvalue weighted by molar-refractivity contribution is 5.96. The number of rotatable bonds is 7. The molecule has 1 aromatic heterocycles. The number of aryl methyl sites for hydroxylation is 1. The van der Waals surface area contributed by atoms with Crippen molar-refractivity contribution in [1.29, 1.82) is 0 Å². The maximum atomic E-state index is 13.7. The predicted octanol–water partition coefficient (Wildman–Crippen LogP) is 5.22. The second-order valence-electron chi connectivity index (χ2n) is 8.79. The van der Waals surface area contributed by atoms with Crippen LogP contribution in [0.1, 0.15) is 65.3 Å². The van der Waals surface area contributed by atoms with Crippen molar-refractivity contribution in [3.63, 3.8) is 0 Å². The molecule has 1 N–H and O–H groups in total. The maximum Gasteiger partial charge on any atom is 0.273 e. The lowest BCUT2D eigenvalue weighted by atomic mass is 9.94. The standard InChI is InChI=1S/C28H31N3O2/c1-21-15-17-22(18-16-21)20-31(28(33)25-14-8-9-19-29-25)26(23-10-4-2-5-11-23)27(32)30-24-12-6-3-7-13-24/h2,4-5,8-11,14-19,24,26H,3,6-7,12-13,20H2,1H3,(H,30,32)/t26-/m1/s1. The first-order valence-corrected chi connectivity index (χ1v) is 11.7. The molecule has 2 aromatic carbocycles. The number of pyridine rings is 1. The molecule has 3 aromatic rings. The highest BCUT2D eigenvalue weighted by atomic mass is 16.2. The lowest BCUT2D eigenvalue weighted by Gasteiger charge is -2.33. The van der Waals surface area contributed by atoms with Crippen LogP contribution in [0.5, 0.6) is 0 Å². The largest absolute Gasteiger partial charge is 0.351 e. The molecule has 1 heterocycles. The highest BCUT2D eigenvalue weighted by Crippen LogP contribution is 2.27. The van der Waals surface area contributed by atoms with Crippen molar-refractivity contribution in [3.05, 3.63) is 101 Å². The van der Waals surface area contributed by atoms with Crippen molar-refractivity contribution >= 4 is 11.8 Å². The first-order valence-electron chi connectivity index (χ1n) is 11.7. The van der Waals surface area contributed by atoms with Crippen LogP contribution in [0.3, 0.4) is 0 Å². The Hall–Kier alpha value is -3.47. The Morgan fingerprint density at radius 2 is 1.64 bits per heavy atom. The summed E-state index contributed by atoms with van der Waals surface area (Å²) < 4.78 is 0. The summed E-state index contributed by atoms with van der Waals surface area (Å²) in [6.45, 7) is 2.35. The maximum absolute atomic E-state index is 13.7. The molecular weight excluding hydrogens is 410 g/mol. The number of amides is 2. The summed E-state index contributed by atoms with van der Waals surface area (Å²) in [7, 11) is 0. The third kappa shape index (κ3) is 5.86. The normalized spacial score (nSPS) is 14.9. The van der Waals surface area contributed by atoms with Crippen LogP contribution in [-0.2, 0) is 11.3 Å². The number of benzene rings is 2. The van der Waals surface area contributed by atoms with Gasteiger partial charge in [-0.1, -0.05) is 85.5 Å². The van der Waals surface area contributed by atoms with Gasteiger partial charge in [0.25, 0.3) is 5.91 Å². The van der Waals surface area contributed by atoms with E-state index in [4.69, 9.17) is 0 Å². The van der Waals surface area contributed by atoms with Gasteiger partial charge in [0.2, 0.25) is 5.91 Å². The quantitative estimate of drug-likeness (QED) is 0.547. The molecule has 0 spiro atoms. The summed E-state index contributed by atoms with van der Waals surface area (Å²) in [5.41, 5.74) is 3.24. The number of carbonyl (C=O) groups excluding carboxylic acids is 2. The Labute approximate surface area is 195 Å². The van der Waals surface area contributed by atoms with E-state index < -0.39 is 6.04 Å². The molecule has 170 valence electrons. The van der Waals surface area contributed by atoms with E-state index in [9.17, 15) is 9.59 Å². The molecule has 1 aliphatic rings. The molecule has 2 amide bonds. The Balaban J connectivity index is 1.71. The van der Waals surface area contributed by atoms with Crippen molar-refractivity contribution in [2.24, 2.45) is 0 Å². The molecule has 1 saturated carbocycles. The van der Waals surface area contributed by atoms with Gasteiger partial charge < -0.3 is 10.2 Å². The fourth-order valence-corrected chi connectivity index (χ4v) is 4.44. The van der Waals surface area contributed by atoms with E-state index in [1.165, 1.54) is 6.42 Å². The molecule has 0 saturated heterocycles. The van der Waals surface area contributed by atoms with Crippen LogP contribution in [-0.4, -0.2) is 27.7 Å². The number of nitrogens with zero attached hydrogens (tertiary/aromatic N) is 2.